The Bertz CT molecular complexity index is 373. The molecular weight excluding hydrogens is 274 g/mol. The van der Waals surface area contributed by atoms with Crippen LogP contribution in [-0.4, -0.2) is 5.54 Å². The van der Waals surface area contributed by atoms with E-state index in [-0.39, 0.29) is 5.54 Å². The van der Waals surface area contributed by atoms with Gasteiger partial charge in [-0.1, -0.05) is 54.8 Å². The van der Waals surface area contributed by atoms with Crippen LogP contribution in [0.4, 0.5) is 0 Å². The second-order valence-electron chi connectivity index (χ2n) is 5.69. The zero-order chi connectivity index (χ0) is 12.5. The van der Waals surface area contributed by atoms with Crippen molar-refractivity contribution < 1.29 is 0 Å². The van der Waals surface area contributed by atoms with E-state index in [1.54, 1.807) is 0 Å². The van der Waals surface area contributed by atoms with Gasteiger partial charge in [0.2, 0.25) is 0 Å². The van der Waals surface area contributed by atoms with E-state index >= 15 is 0 Å². The van der Waals surface area contributed by atoms with Crippen molar-refractivity contribution in [3.63, 3.8) is 0 Å². The lowest BCUT2D eigenvalue weighted by Crippen LogP contribution is -2.52. The predicted molar refractivity (Wildman–Crippen MR) is 76.9 cm³/mol. The minimum Gasteiger partial charge on any atom is -0.325 e. The molecule has 2 heteroatoms. The van der Waals surface area contributed by atoms with Gasteiger partial charge in [0.1, 0.15) is 0 Å². The maximum absolute atomic E-state index is 6.65. The van der Waals surface area contributed by atoms with Gasteiger partial charge in [0.05, 0.1) is 0 Å². The van der Waals surface area contributed by atoms with Crippen molar-refractivity contribution >= 4 is 15.9 Å². The van der Waals surface area contributed by atoms with Gasteiger partial charge < -0.3 is 5.73 Å². The van der Waals surface area contributed by atoms with E-state index in [2.05, 4.69) is 54.0 Å². The molecule has 1 aromatic rings. The molecule has 17 heavy (non-hydrogen) atoms. The van der Waals surface area contributed by atoms with E-state index in [1.165, 1.54) is 18.4 Å². The molecule has 1 aromatic carbocycles. The zero-order valence-electron chi connectivity index (χ0n) is 10.7. The summed E-state index contributed by atoms with van der Waals surface area (Å²) in [6.07, 6.45) is 4.78. The minimum absolute atomic E-state index is 0.00844. The Kier molecular flexibility index (Phi) is 3.94. The molecule has 2 N–H and O–H groups in total. The van der Waals surface area contributed by atoms with E-state index in [9.17, 15) is 0 Å². The van der Waals surface area contributed by atoms with Crippen LogP contribution in [0.25, 0.3) is 0 Å². The molecule has 0 spiro atoms. The largest absolute Gasteiger partial charge is 0.325 e. The van der Waals surface area contributed by atoms with Crippen molar-refractivity contribution in [3.05, 3.63) is 34.3 Å². The summed E-state index contributed by atoms with van der Waals surface area (Å²) in [6.45, 7) is 4.66. The smallest absolute Gasteiger partial charge is 0.0223 e. The first-order chi connectivity index (χ1) is 8.01. The first-order valence-corrected chi connectivity index (χ1v) is 7.34. The van der Waals surface area contributed by atoms with Gasteiger partial charge in [-0.25, -0.2) is 0 Å². The number of hydrogen-bond acceptors (Lipinski definition) is 1. The van der Waals surface area contributed by atoms with Gasteiger partial charge in [0, 0.05) is 10.0 Å². The molecule has 1 saturated carbocycles. The van der Waals surface area contributed by atoms with Crippen LogP contribution in [0.5, 0.6) is 0 Å². The summed E-state index contributed by atoms with van der Waals surface area (Å²) in [5.74, 6) is 1.36. The molecule has 0 amide bonds. The molecule has 3 atom stereocenters. The molecule has 1 nitrogen and oxygen atoms in total. The Hall–Kier alpha value is -0.340. The molecular formula is C15H22BrN. The van der Waals surface area contributed by atoms with Crippen molar-refractivity contribution in [2.75, 3.05) is 0 Å². The van der Waals surface area contributed by atoms with Gasteiger partial charge in [0.15, 0.2) is 0 Å². The highest BCUT2D eigenvalue weighted by Gasteiger charge is 2.37. The van der Waals surface area contributed by atoms with E-state index in [0.29, 0.717) is 5.92 Å². The molecule has 94 valence electrons. The first-order valence-electron chi connectivity index (χ1n) is 6.54. The van der Waals surface area contributed by atoms with Crippen molar-refractivity contribution in [3.8, 4) is 0 Å². The molecule has 1 aliphatic carbocycles. The third-order valence-corrected chi connectivity index (χ3v) is 5.04. The SMILES string of the molecule is CC1CCCC(N)(Cc2ccc(Br)cc2)C1C. The fourth-order valence-corrected chi connectivity index (χ4v) is 3.29. The molecule has 0 heterocycles. The van der Waals surface area contributed by atoms with Gasteiger partial charge in [0.25, 0.3) is 0 Å². The van der Waals surface area contributed by atoms with Crippen LogP contribution in [0.3, 0.4) is 0 Å². The quantitative estimate of drug-likeness (QED) is 0.872. The topological polar surface area (TPSA) is 26.0 Å². The third kappa shape index (κ3) is 2.92. The van der Waals surface area contributed by atoms with Crippen LogP contribution >= 0.6 is 15.9 Å². The summed E-state index contributed by atoms with van der Waals surface area (Å²) >= 11 is 3.47. The maximum Gasteiger partial charge on any atom is 0.0223 e. The van der Waals surface area contributed by atoms with Crippen molar-refractivity contribution in [2.24, 2.45) is 17.6 Å². The monoisotopic (exact) mass is 295 g/mol. The summed E-state index contributed by atoms with van der Waals surface area (Å²) in [4.78, 5) is 0. The van der Waals surface area contributed by atoms with Gasteiger partial charge in [-0.3, -0.25) is 0 Å². The number of halogens is 1. The highest BCUT2D eigenvalue weighted by molar-refractivity contribution is 9.10. The first kappa shape index (κ1) is 13.1. The Balaban J connectivity index is 2.13. The van der Waals surface area contributed by atoms with E-state index in [4.69, 9.17) is 5.73 Å². The normalized spacial score (nSPS) is 33.6. The summed E-state index contributed by atoms with van der Waals surface area (Å²) in [7, 11) is 0. The van der Waals surface area contributed by atoms with Gasteiger partial charge >= 0.3 is 0 Å². The summed E-state index contributed by atoms with van der Waals surface area (Å²) in [5, 5.41) is 0. The molecule has 1 aliphatic rings. The average Bonchev–Trinajstić information content (AvgIpc) is 2.29. The Morgan fingerprint density at radius 1 is 1.29 bits per heavy atom. The van der Waals surface area contributed by atoms with Crippen LogP contribution in [0.1, 0.15) is 38.7 Å². The zero-order valence-corrected chi connectivity index (χ0v) is 12.3. The van der Waals surface area contributed by atoms with Crippen LogP contribution in [0.15, 0.2) is 28.7 Å². The minimum atomic E-state index is -0.00844. The predicted octanol–water partition coefficient (Wildman–Crippen LogP) is 4.15. The van der Waals surface area contributed by atoms with Crippen molar-refractivity contribution in [1.82, 2.24) is 0 Å². The van der Waals surface area contributed by atoms with Crippen LogP contribution < -0.4 is 5.73 Å². The molecule has 2 rings (SSSR count). The van der Waals surface area contributed by atoms with Gasteiger partial charge in [-0.05, 0) is 42.4 Å². The van der Waals surface area contributed by atoms with E-state index < -0.39 is 0 Å². The highest BCUT2D eigenvalue weighted by Crippen LogP contribution is 2.38. The lowest BCUT2D eigenvalue weighted by molar-refractivity contribution is 0.143. The summed E-state index contributed by atoms with van der Waals surface area (Å²) in [5.41, 5.74) is 8.00. The molecule has 0 aliphatic heterocycles. The molecule has 0 aromatic heterocycles. The third-order valence-electron chi connectivity index (χ3n) is 4.51. The Labute approximate surface area is 113 Å². The highest BCUT2D eigenvalue weighted by atomic mass is 79.9. The average molecular weight is 296 g/mol. The van der Waals surface area contributed by atoms with E-state index in [0.717, 1.165) is 23.2 Å². The van der Waals surface area contributed by atoms with Crippen LogP contribution in [0.2, 0.25) is 0 Å². The number of benzene rings is 1. The van der Waals surface area contributed by atoms with Crippen molar-refractivity contribution in [2.45, 2.75) is 45.1 Å². The molecule has 0 bridgehead atoms. The Morgan fingerprint density at radius 3 is 2.59 bits per heavy atom. The molecule has 0 saturated heterocycles. The summed E-state index contributed by atoms with van der Waals surface area (Å²) < 4.78 is 1.14. The lowest BCUT2D eigenvalue weighted by Gasteiger charge is -2.43. The fraction of sp³-hybridized carbons (Fsp3) is 0.600. The van der Waals surface area contributed by atoms with Crippen LogP contribution in [-0.2, 0) is 6.42 Å². The second-order valence-corrected chi connectivity index (χ2v) is 6.61. The standard InChI is InChI=1S/C15H22BrN/c1-11-4-3-9-15(17,12(11)2)10-13-5-7-14(16)8-6-13/h5-8,11-12H,3-4,9-10,17H2,1-2H3. The summed E-state index contributed by atoms with van der Waals surface area (Å²) in [6, 6.07) is 8.58. The molecule has 1 fully saturated rings. The molecule has 0 radical (unpaired) electrons. The maximum atomic E-state index is 6.65. The van der Waals surface area contributed by atoms with E-state index in [1.807, 2.05) is 0 Å². The van der Waals surface area contributed by atoms with Gasteiger partial charge in [-0.15, -0.1) is 0 Å². The lowest BCUT2D eigenvalue weighted by atomic mass is 9.66. The second kappa shape index (κ2) is 5.11. The fourth-order valence-electron chi connectivity index (χ4n) is 3.03. The number of nitrogens with two attached hydrogens (primary N) is 1. The number of rotatable bonds is 2. The van der Waals surface area contributed by atoms with Gasteiger partial charge in [-0.2, -0.15) is 0 Å². The van der Waals surface area contributed by atoms with Crippen LogP contribution in [0, 0.1) is 11.8 Å². The molecule has 3 unspecified atom stereocenters. The number of hydrogen-bond donors (Lipinski definition) is 1. The Morgan fingerprint density at radius 2 is 1.94 bits per heavy atom. The van der Waals surface area contributed by atoms with Crippen molar-refractivity contribution in [1.29, 1.82) is 0 Å².